The number of carbonyl (C=O) groups is 5. The molecule has 4 bridgehead atoms. The summed E-state index contributed by atoms with van der Waals surface area (Å²) >= 11 is 0. The van der Waals surface area contributed by atoms with Crippen LogP contribution in [0, 0.1) is 11.3 Å². The quantitative estimate of drug-likeness (QED) is 0.0762. The molecular formula is C47H60N12O7. The Bertz CT molecular complexity index is 2440. The fraction of sp³-hybridized carbons (Fsp3) is 0.383. The predicted octanol–water partition coefficient (Wildman–Crippen LogP) is 1.38. The highest BCUT2D eigenvalue weighted by molar-refractivity contribution is 6.06. The number of nitriles is 1. The first-order valence-corrected chi connectivity index (χ1v) is 21.5. The highest BCUT2D eigenvalue weighted by Crippen LogP contribution is 2.40. The molecule has 2 heterocycles. The van der Waals surface area contributed by atoms with Gasteiger partial charge in [0.05, 0.1) is 17.5 Å². The molecule has 1 aliphatic rings. The Hall–Kier alpha value is -7.27. The van der Waals surface area contributed by atoms with Crippen LogP contribution in [0.4, 0.5) is 11.5 Å². The van der Waals surface area contributed by atoms with Crippen LogP contribution in [0.15, 0.2) is 66.7 Å². The monoisotopic (exact) mass is 904 g/mol. The number of nitrogen functional groups attached to an aromatic ring is 2. The topological polar surface area (TPSA) is 322 Å². The number of fused-ring (bicyclic) bond motifs is 5. The predicted molar refractivity (Wildman–Crippen MR) is 250 cm³/mol. The maximum absolute atomic E-state index is 14.7. The summed E-state index contributed by atoms with van der Waals surface area (Å²) in [4.78, 5) is 75.9. The van der Waals surface area contributed by atoms with Gasteiger partial charge in [0.2, 0.25) is 23.6 Å². The average molecular weight is 905 g/mol. The molecule has 1 aromatic heterocycles. The number of amides is 5. The van der Waals surface area contributed by atoms with E-state index in [1.165, 1.54) is 20.0 Å². The van der Waals surface area contributed by atoms with Crippen molar-refractivity contribution in [3.8, 4) is 40.0 Å². The molecule has 19 heteroatoms. The maximum atomic E-state index is 14.7. The van der Waals surface area contributed by atoms with Crippen LogP contribution in [0.3, 0.4) is 0 Å². The highest BCUT2D eigenvalue weighted by Gasteiger charge is 2.36. The summed E-state index contributed by atoms with van der Waals surface area (Å²) in [6, 6.07) is 16.0. The van der Waals surface area contributed by atoms with E-state index in [0.29, 0.717) is 33.9 Å². The zero-order valence-corrected chi connectivity index (χ0v) is 37.9. The van der Waals surface area contributed by atoms with Gasteiger partial charge in [-0.1, -0.05) is 57.2 Å². The second-order valence-electron chi connectivity index (χ2n) is 16.9. The van der Waals surface area contributed by atoms with E-state index in [-0.39, 0.29) is 80.3 Å². The Labute approximate surface area is 384 Å². The Kier molecular flexibility index (Phi) is 16.6. The maximum Gasteiger partial charge on any atom is 0.257 e. The summed E-state index contributed by atoms with van der Waals surface area (Å²) in [7, 11) is 1.38. The molecule has 4 aromatic rings. The van der Waals surface area contributed by atoms with Gasteiger partial charge in [-0.15, -0.1) is 0 Å². The van der Waals surface area contributed by atoms with Crippen molar-refractivity contribution >= 4 is 41.0 Å². The number of benzene rings is 3. The Morgan fingerprint density at radius 2 is 1.53 bits per heavy atom. The molecule has 5 rings (SSSR count). The van der Waals surface area contributed by atoms with Crippen LogP contribution in [0.25, 0.3) is 22.4 Å². The van der Waals surface area contributed by atoms with E-state index in [9.17, 15) is 24.0 Å². The average Bonchev–Trinajstić information content (AvgIpc) is 3.28. The van der Waals surface area contributed by atoms with Crippen LogP contribution < -0.4 is 59.4 Å². The number of hydrogen-bond acceptors (Lipinski definition) is 14. The number of likely N-dealkylation sites (N-methyl/N-ethyl adjacent to an activating group) is 1. The van der Waals surface area contributed by atoms with Crippen LogP contribution in [0.5, 0.6) is 11.5 Å². The van der Waals surface area contributed by atoms with Gasteiger partial charge in [-0.2, -0.15) is 5.26 Å². The number of nitrogens with two attached hydrogens (primary N) is 5. The van der Waals surface area contributed by atoms with Crippen molar-refractivity contribution in [1.82, 2.24) is 31.2 Å². The van der Waals surface area contributed by atoms with Crippen molar-refractivity contribution in [1.29, 1.82) is 5.26 Å². The molecule has 5 amide bonds. The number of hydrogen-bond donors (Lipinski definition) is 9. The van der Waals surface area contributed by atoms with Crippen molar-refractivity contribution in [2.75, 3.05) is 57.9 Å². The number of rotatable bonds is 15. The molecule has 0 radical (unpaired) electrons. The van der Waals surface area contributed by atoms with E-state index in [0.717, 1.165) is 16.0 Å². The molecule has 1 unspecified atom stereocenters. The molecule has 0 aliphatic carbocycles. The number of carbonyl (C=O) groups excluding carboxylic acids is 5. The minimum absolute atomic E-state index is 0.0103. The van der Waals surface area contributed by atoms with Gasteiger partial charge in [-0.3, -0.25) is 24.0 Å². The van der Waals surface area contributed by atoms with Gasteiger partial charge in [0.1, 0.15) is 66.8 Å². The lowest BCUT2D eigenvalue weighted by Gasteiger charge is -2.32. The third kappa shape index (κ3) is 11.9. The van der Waals surface area contributed by atoms with E-state index in [1.807, 2.05) is 30.3 Å². The smallest absolute Gasteiger partial charge is 0.257 e. The zero-order chi connectivity index (χ0) is 48.3. The summed E-state index contributed by atoms with van der Waals surface area (Å²) in [6.07, 6.45) is -0.0713. The minimum atomic E-state index is -1.44. The number of anilines is 2. The van der Waals surface area contributed by atoms with Gasteiger partial charge in [0.25, 0.3) is 5.91 Å². The van der Waals surface area contributed by atoms with Gasteiger partial charge in [-0.05, 0) is 72.3 Å². The number of aromatic nitrogens is 1. The minimum Gasteiger partial charge on any atom is -0.492 e. The third-order valence-electron chi connectivity index (χ3n) is 11.0. The number of pyridine rings is 1. The lowest BCUT2D eigenvalue weighted by atomic mass is 9.86. The van der Waals surface area contributed by atoms with Crippen LogP contribution in [0.1, 0.15) is 67.2 Å². The highest BCUT2D eigenvalue weighted by atomic mass is 16.5. The molecule has 0 fully saturated rings. The van der Waals surface area contributed by atoms with Gasteiger partial charge < -0.3 is 64.3 Å². The van der Waals surface area contributed by atoms with Crippen molar-refractivity contribution in [3.05, 3.63) is 89.0 Å². The molecule has 0 spiro atoms. The molecule has 3 aromatic carbocycles. The summed E-state index contributed by atoms with van der Waals surface area (Å²) in [5.74, 6) is -3.08. The van der Waals surface area contributed by atoms with Gasteiger partial charge >= 0.3 is 0 Å². The molecule has 0 saturated heterocycles. The second kappa shape index (κ2) is 22.1. The first-order valence-electron chi connectivity index (χ1n) is 21.5. The molecule has 19 nitrogen and oxygen atoms in total. The molecule has 66 heavy (non-hydrogen) atoms. The normalized spacial score (nSPS) is 16.6. The van der Waals surface area contributed by atoms with Crippen molar-refractivity contribution in [2.24, 2.45) is 17.2 Å². The molecule has 14 N–H and O–H groups in total. The van der Waals surface area contributed by atoms with Gasteiger partial charge in [-0.25, -0.2) is 4.98 Å². The Morgan fingerprint density at radius 1 is 0.894 bits per heavy atom. The standard InChI is InChI=1S/C47H60N12O7/c1-26-42(60)58-36(43(61)54-19-16-49)23-27-6-12-37(65-20-17-50)31(22-27)32-24-29(9-13-38(32)66-21-18-51)40(45(63)55-26)59(5)46(64)34(14-15-48)57-44(62)39-33(52)25-35(56-41(39)53)28-7-10-30(11-8-28)47(2,3)4/h6-13,22,24-26,34,36,40H,14-15,17-21,23,48,50-51H2,1-5H3,(H,54,61)(H,55,63)(H,57,62)(H,58,60)(H4,52,53,56)/t26-,34?,36-,40-/m0/s1. The van der Waals surface area contributed by atoms with Gasteiger partial charge in [0.15, 0.2) is 0 Å². The number of ether oxygens (including phenoxy) is 2. The van der Waals surface area contributed by atoms with Crippen LogP contribution in [-0.4, -0.2) is 104 Å². The third-order valence-corrected chi connectivity index (χ3v) is 11.0. The first-order chi connectivity index (χ1) is 31.4. The van der Waals surface area contributed by atoms with Crippen LogP contribution in [0.2, 0.25) is 0 Å². The summed E-state index contributed by atoms with van der Waals surface area (Å²) in [5, 5.41) is 19.7. The fourth-order valence-electron chi connectivity index (χ4n) is 7.48. The second-order valence-corrected chi connectivity index (χ2v) is 16.9. The lowest BCUT2D eigenvalue weighted by Crippen LogP contribution is -2.56. The summed E-state index contributed by atoms with van der Waals surface area (Å²) in [6.45, 7) is 7.99. The Morgan fingerprint density at radius 3 is 2.12 bits per heavy atom. The molecule has 350 valence electrons. The van der Waals surface area contributed by atoms with Crippen molar-refractivity contribution in [3.63, 3.8) is 0 Å². The largest absolute Gasteiger partial charge is 0.492 e. The van der Waals surface area contributed by atoms with E-state index in [1.54, 1.807) is 36.4 Å². The van der Waals surface area contributed by atoms with E-state index < -0.39 is 53.7 Å². The molecular weight excluding hydrogens is 845 g/mol. The van der Waals surface area contributed by atoms with Gasteiger partial charge in [0, 0.05) is 43.2 Å². The van der Waals surface area contributed by atoms with E-state index in [2.05, 4.69) is 47.0 Å². The Balaban J connectivity index is 1.57. The van der Waals surface area contributed by atoms with E-state index in [4.69, 9.17) is 43.4 Å². The first kappa shape index (κ1) is 49.7. The lowest BCUT2D eigenvalue weighted by molar-refractivity contribution is -0.141. The van der Waals surface area contributed by atoms with Crippen molar-refractivity contribution in [2.45, 2.75) is 70.1 Å². The number of nitrogens with zero attached hydrogens (tertiary/aromatic N) is 3. The molecule has 1 aliphatic heterocycles. The summed E-state index contributed by atoms with van der Waals surface area (Å²) in [5.41, 5.74) is 34.3. The zero-order valence-electron chi connectivity index (χ0n) is 37.9. The van der Waals surface area contributed by atoms with E-state index >= 15 is 0 Å². The van der Waals surface area contributed by atoms with Crippen molar-refractivity contribution < 1.29 is 33.4 Å². The molecule has 4 atom stereocenters. The number of nitrogens with one attached hydrogen (secondary N) is 4. The van der Waals surface area contributed by atoms with Crippen LogP contribution in [-0.2, 0) is 31.0 Å². The summed E-state index contributed by atoms with van der Waals surface area (Å²) < 4.78 is 12.2. The fourth-order valence-corrected chi connectivity index (χ4v) is 7.48. The SMILES string of the molecule is C[C@@H]1NC(=O)[C@@H](N(C)C(=O)C(CCN)NC(=O)c2c(N)cc(-c3ccc(C(C)(C)C)cc3)nc2N)c2ccc(OCCN)c(c2)-c2cc(ccc2OCCN)C[C@@H](C(=O)NCC#N)NC1=O. The van der Waals surface area contributed by atoms with Crippen LogP contribution >= 0.6 is 0 Å². The molecule has 0 saturated carbocycles.